The highest BCUT2D eigenvalue weighted by Crippen LogP contribution is 2.07. The summed E-state index contributed by atoms with van der Waals surface area (Å²) in [6, 6.07) is 7.34. The summed E-state index contributed by atoms with van der Waals surface area (Å²) in [5, 5.41) is 7.38. The minimum atomic E-state index is -0.0618. The van der Waals surface area contributed by atoms with Crippen molar-refractivity contribution < 1.29 is 0 Å². The maximum absolute atomic E-state index is 5.61. The van der Waals surface area contributed by atoms with Crippen LogP contribution in [-0.2, 0) is 0 Å². The highest BCUT2D eigenvalue weighted by molar-refractivity contribution is 5.99. The molecule has 0 unspecified atom stereocenters. The van der Waals surface area contributed by atoms with E-state index in [-0.39, 0.29) is 5.96 Å². The number of hydrogen-bond acceptors (Lipinski definition) is 3. The highest BCUT2D eigenvalue weighted by atomic mass is 15.3. The van der Waals surface area contributed by atoms with Gasteiger partial charge in [-0.05, 0) is 24.6 Å². The van der Waals surface area contributed by atoms with Gasteiger partial charge in [-0.1, -0.05) is 12.1 Å². The first kappa shape index (κ1) is 10.0. The van der Waals surface area contributed by atoms with Gasteiger partial charge in [-0.3, -0.25) is 0 Å². The lowest BCUT2D eigenvalue weighted by atomic mass is 10.1. The van der Waals surface area contributed by atoms with Crippen LogP contribution < -0.4 is 17.2 Å². The first-order chi connectivity index (χ1) is 6.59. The molecule has 1 aromatic carbocycles. The van der Waals surface area contributed by atoms with Crippen molar-refractivity contribution in [2.45, 2.75) is 6.92 Å². The number of nitrogens with zero attached hydrogens (tertiary/aromatic N) is 2. The minimum absolute atomic E-state index is 0.0618. The van der Waals surface area contributed by atoms with E-state index in [2.05, 4.69) is 10.2 Å². The third-order valence-electron chi connectivity index (χ3n) is 1.62. The van der Waals surface area contributed by atoms with Crippen LogP contribution in [0, 0.1) is 0 Å². The van der Waals surface area contributed by atoms with E-state index in [1.54, 1.807) is 19.1 Å². The van der Waals surface area contributed by atoms with Crippen LogP contribution in [0.1, 0.15) is 12.5 Å². The van der Waals surface area contributed by atoms with Gasteiger partial charge in [0.2, 0.25) is 5.96 Å². The second-order valence-electron chi connectivity index (χ2n) is 2.84. The summed E-state index contributed by atoms with van der Waals surface area (Å²) in [5.41, 5.74) is 18.2. The highest BCUT2D eigenvalue weighted by Gasteiger charge is 1.96. The first-order valence-corrected chi connectivity index (χ1v) is 4.08. The van der Waals surface area contributed by atoms with E-state index in [1.807, 2.05) is 12.1 Å². The Balaban J connectivity index is 2.95. The smallest absolute Gasteiger partial charge is 0.211 e. The van der Waals surface area contributed by atoms with Crippen LogP contribution in [0.2, 0.25) is 0 Å². The van der Waals surface area contributed by atoms with Crippen LogP contribution in [0.3, 0.4) is 0 Å². The van der Waals surface area contributed by atoms with Crippen LogP contribution in [-0.4, -0.2) is 11.7 Å². The number of rotatable bonds is 2. The van der Waals surface area contributed by atoms with Crippen LogP contribution in [0.4, 0.5) is 5.69 Å². The fourth-order valence-electron chi connectivity index (χ4n) is 0.954. The SMILES string of the molecule is CC(=NN=C(N)N)c1cccc(N)c1. The topological polar surface area (TPSA) is 103 Å². The predicted octanol–water partition coefficient (Wildman–Crippen LogP) is 0.266. The molecule has 1 aromatic rings. The number of benzene rings is 1. The van der Waals surface area contributed by atoms with Crippen molar-refractivity contribution >= 4 is 17.4 Å². The quantitative estimate of drug-likeness (QED) is 0.270. The second-order valence-corrected chi connectivity index (χ2v) is 2.84. The molecule has 0 radical (unpaired) electrons. The molecule has 0 fully saturated rings. The molecule has 1 rings (SSSR count). The molecule has 0 aliphatic carbocycles. The van der Waals surface area contributed by atoms with Crippen molar-refractivity contribution in [1.82, 2.24) is 0 Å². The van der Waals surface area contributed by atoms with E-state index in [0.29, 0.717) is 11.4 Å². The first-order valence-electron chi connectivity index (χ1n) is 4.08. The lowest BCUT2D eigenvalue weighted by molar-refractivity contribution is 1.20. The Morgan fingerprint density at radius 2 is 1.93 bits per heavy atom. The summed E-state index contributed by atoms with van der Waals surface area (Å²) in [6.07, 6.45) is 0. The van der Waals surface area contributed by atoms with E-state index in [1.165, 1.54) is 0 Å². The lowest BCUT2D eigenvalue weighted by Crippen LogP contribution is -2.22. The van der Waals surface area contributed by atoms with Gasteiger partial charge in [-0.15, -0.1) is 5.10 Å². The standard InChI is InChI=1S/C9H13N5/c1-6(13-14-9(11)12)7-3-2-4-8(10)5-7/h2-5H,10H2,1H3,(H4,11,12,14). The molecule has 5 nitrogen and oxygen atoms in total. The molecular formula is C9H13N5. The van der Waals surface area contributed by atoms with Gasteiger partial charge in [0.05, 0.1) is 5.71 Å². The number of guanidine groups is 1. The van der Waals surface area contributed by atoms with E-state index >= 15 is 0 Å². The summed E-state index contributed by atoms with van der Waals surface area (Å²) < 4.78 is 0. The Kier molecular flexibility index (Phi) is 3.06. The molecule has 14 heavy (non-hydrogen) atoms. The molecule has 0 aliphatic rings. The van der Waals surface area contributed by atoms with Crippen molar-refractivity contribution in [2.75, 3.05) is 5.73 Å². The zero-order chi connectivity index (χ0) is 10.6. The molecule has 0 saturated carbocycles. The monoisotopic (exact) mass is 191 g/mol. The van der Waals surface area contributed by atoms with Gasteiger partial charge in [-0.2, -0.15) is 5.10 Å². The van der Waals surface area contributed by atoms with Crippen LogP contribution in [0.15, 0.2) is 34.5 Å². The Morgan fingerprint density at radius 1 is 1.21 bits per heavy atom. The van der Waals surface area contributed by atoms with Crippen molar-refractivity contribution in [2.24, 2.45) is 21.7 Å². The zero-order valence-corrected chi connectivity index (χ0v) is 7.94. The van der Waals surface area contributed by atoms with Crippen molar-refractivity contribution in [3.05, 3.63) is 29.8 Å². The second kappa shape index (κ2) is 4.27. The fourth-order valence-corrected chi connectivity index (χ4v) is 0.954. The lowest BCUT2D eigenvalue weighted by Gasteiger charge is -1.99. The maximum atomic E-state index is 5.61. The Hall–Kier alpha value is -2.04. The molecule has 0 heterocycles. The van der Waals surface area contributed by atoms with Crippen LogP contribution in [0.5, 0.6) is 0 Å². The predicted molar refractivity (Wildman–Crippen MR) is 58.9 cm³/mol. The number of nitrogen functional groups attached to an aromatic ring is 1. The Morgan fingerprint density at radius 3 is 2.50 bits per heavy atom. The van der Waals surface area contributed by atoms with E-state index in [0.717, 1.165) is 5.56 Å². The number of hydrogen-bond donors (Lipinski definition) is 3. The third-order valence-corrected chi connectivity index (χ3v) is 1.62. The molecule has 0 amide bonds. The average molecular weight is 191 g/mol. The molecule has 5 heteroatoms. The van der Waals surface area contributed by atoms with Gasteiger partial charge in [0.1, 0.15) is 0 Å². The van der Waals surface area contributed by atoms with E-state index in [9.17, 15) is 0 Å². The molecule has 74 valence electrons. The van der Waals surface area contributed by atoms with Gasteiger partial charge in [0.25, 0.3) is 0 Å². The van der Waals surface area contributed by atoms with Gasteiger partial charge in [-0.25, -0.2) is 0 Å². The summed E-state index contributed by atoms with van der Waals surface area (Å²) in [5.74, 6) is -0.0618. The van der Waals surface area contributed by atoms with Crippen LogP contribution >= 0.6 is 0 Å². The van der Waals surface area contributed by atoms with E-state index < -0.39 is 0 Å². The molecule has 0 aromatic heterocycles. The Labute approximate surface area is 82.3 Å². The number of anilines is 1. The van der Waals surface area contributed by atoms with Gasteiger partial charge < -0.3 is 17.2 Å². The Bertz CT molecular complexity index is 377. The maximum Gasteiger partial charge on any atom is 0.211 e. The molecular weight excluding hydrogens is 178 g/mol. The average Bonchev–Trinajstić information content (AvgIpc) is 2.14. The summed E-state index contributed by atoms with van der Waals surface area (Å²) in [4.78, 5) is 0. The summed E-state index contributed by atoms with van der Waals surface area (Å²) in [6.45, 7) is 1.81. The minimum Gasteiger partial charge on any atom is -0.399 e. The van der Waals surface area contributed by atoms with Gasteiger partial charge in [0, 0.05) is 5.69 Å². The molecule has 0 atom stereocenters. The van der Waals surface area contributed by atoms with Crippen molar-refractivity contribution in [3.8, 4) is 0 Å². The molecule has 0 spiro atoms. The molecule has 6 N–H and O–H groups in total. The fraction of sp³-hybridized carbons (Fsp3) is 0.111. The van der Waals surface area contributed by atoms with E-state index in [4.69, 9.17) is 17.2 Å². The van der Waals surface area contributed by atoms with Crippen molar-refractivity contribution in [1.29, 1.82) is 0 Å². The largest absolute Gasteiger partial charge is 0.399 e. The summed E-state index contributed by atoms with van der Waals surface area (Å²) >= 11 is 0. The normalized spacial score (nSPS) is 11.1. The number of nitrogens with two attached hydrogens (primary N) is 3. The molecule has 0 bridgehead atoms. The summed E-state index contributed by atoms with van der Waals surface area (Å²) in [7, 11) is 0. The molecule has 0 saturated heterocycles. The zero-order valence-electron chi connectivity index (χ0n) is 7.94. The molecule has 0 aliphatic heterocycles. The van der Waals surface area contributed by atoms with Crippen molar-refractivity contribution in [3.63, 3.8) is 0 Å². The van der Waals surface area contributed by atoms with Gasteiger partial charge >= 0.3 is 0 Å². The third kappa shape index (κ3) is 2.78. The van der Waals surface area contributed by atoms with Crippen LogP contribution in [0.25, 0.3) is 0 Å². The van der Waals surface area contributed by atoms with Gasteiger partial charge in [0.15, 0.2) is 0 Å².